The first kappa shape index (κ1) is 16.5. The number of carbonyl (C=O) groups is 1. The van der Waals surface area contributed by atoms with Crippen molar-refractivity contribution in [2.24, 2.45) is 0 Å². The Kier molecular flexibility index (Phi) is 5.68. The van der Waals surface area contributed by atoms with E-state index in [1.165, 1.54) is 37.8 Å². The van der Waals surface area contributed by atoms with Crippen molar-refractivity contribution in [2.45, 2.75) is 64.1 Å². The molecule has 0 aromatic heterocycles. The Morgan fingerprint density at radius 3 is 2.74 bits per heavy atom. The molecule has 1 aromatic carbocycles. The van der Waals surface area contributed by atoms with Crippen molar-refractivity contribution in [1.29, 1.82) is 0 Å². The smallest absolute Gasteiger partial charge is 0.225 e. The Balaban J connectivity index is 1.49. The molecule has 3 rings (SSSR count). The largest absolute Gasteiger partial charge is 0.326 e. The summed E-state index contributed by atoms with van der Waals surface area (Å²) in [6, 6.07) is 9.39. The number of nitrogens with zero attached hydrogens (tertiary/aromatic N) is 1. The quantitative estimate of drug-likeness (QED) is 0.877. The van der Waals surface area contributed by atoms with Crippen LogP contribution in [0.5, 0.6) is 0 Å². The highest BCUT2D eigenvalue weighted by atomic mass is 16.1. The SMILES string of the molecule is CC1CCCCN1Cc1ccc(NC(=O)CC2CCCN2)cc1. The molecule has 0 aliphatic carbocycles. The van der Waals surface area contributed by atoms with Crippen molar-refractivity contribution in [3.8, 4) is 0 Å². The van der Waals surface area contributed by atoms with Crippen molar-refractivity contribution in [1.82, 2.24) is 10.2 Å². The second-order valence-corrected chi connectivity index (χ2v) is 7.06. The van der Waals surface area contributed by atoms with Crippen LogP contribution >= 0.6 is 0 Å². The van der Waals surface area contributed by atoms with Gasteiger partial charge in [-0.1, -0.05) is 18.6 Å². The molecule has 2 N–H and O–H groups in total. The fourth-order valence-corrected chi connectivity index (χ4v) is 3.69. The maximum atomic E-state index is 12.1. The molecule has 126 valence electrons. The van der Waals surface area contributed by atoms with Gasteiger partial charge in [-0.15, -0.1) is 0 Å². The van der Waals surface area contributed by atoms with Crippen LogP contribution in [0.25, 0.3) is 0 Å². The van der Waals surface area contributed by atoms with Crippen molar-refractivity contribution >= 4 is 11.6 Å². The van der Waals surface area contributed by atoms with Gasteiger partial charge in [-0.3, -0.25) is 9.69 Å². The first-order valence-electron chi connectivity index (χ1n) is 9.07. The Morgan fingerprint density at radius 2 is 2.04 bits per heavy atom. The van der Waals surface area contributed by atoms with Crippen LogP contribution in [0.4, 0.5) is 5.69 Å². The van der Waals surface area contributed by atoms with Crippen LogP contribution in [0.2, 0.25) is 0 Å². The number of piperidine rings is 1. The van der Waals surface area contributed by atoms with Gasteiger partial charge in [-0.2, -0.15) is 0 Å². The molecule has 4 heteroatoms. The van der Waals surface area contributed by atoms with Gasteiger partial charge in [-0.25, -0.2) is 0 Å². The monoisotopic (exact) mass is 315 g/mol. The average Bonchev–Trinajstić information content (AvgIpc) is 3.04. The molecule has 0 saturated carbocycles. The molecule has 2 fully saturated rings. The predicted octanol–water partition coefficient (Wildman–Crippen LogP) is 3.14. The fraction of sp³-hybridized carbons (Fsp3) is 0.632. The molecule has 2 aliphatic heterocycles. The number of hydrogen-bond acceptors (Lipinski definition) is 3. The topological polar surface area (TPSA) is 44.4 Å². The summed E-state index contributed by atoms with van der Waals surface area (Å²) in [6.45, 7) is 5.59. The Hall–Kier alpha value is -1.39. The van der Waals surface area contributed by atoms with Gasteiger partial charge in [0.1, 0.15) is 0 Å². The van der Waals surface area contributed by atoms with Crippen LogP contribution in [-0.2, 0) is 11.3 Å². The highest BCUT2D eigenvalue weighted by Gasteiger charge is 2.19. The lowest BCUT2D eigenvalue weighted by molar-refractivity contribution is -0.116. The summed E-state index contributed by atoms with van der Waals surface area (Å²) in [5, 5.41) is 6.38. The first-order chi connectivity index (χ1) is 11.2. The average molecular weight is 315 g/mol. The zero-order chi connectivity index (χ0) is 16.1. The van der Waals surface area contributed by atoms with Gasteiger partial charge >= 0.3 is 0 Å². The van der Waals surface area contributed by atoms with E-state index >= 15 is 0 Å². The maximum Gasteiger partial charge on any atom is 0.225 e. The van der Waals surface area contributed by atoms with Crippen LogP contribution in [0.1, 0.15) is 51.0 Å². The lowest BCUT2D eigenvalue weighted by Crippen LogP contribution is -2.36. The molecule has 0 radical (unpaired) electrons. The van der Waals surface area contributed by atoms with Crippen molar-refractivity contribution in [3.63, 3.8) is 0 Å². The van der Waals surface area contributed by atoms with Crippen molar-refractivity contribution in [2.75, 3.05) is 18.4 Å². The van der Waals surface area contributed by atoms with E-state index in [2.05, 4.69) is 34.6 Å². The number of rotatable bonds is 5. The lowest BCUT2D eigenvalue weighted by Gasteiger charge is -2.33. The van der Waals surface area contributed by atoms with Gasteiger partial charge in [0.15, 0.2) is 0 Å². The van der Waals surface area contributed by atoms with E-state index in [9.17, 15) is 4.79 Å². The molecule has 1 aromatic rings. The van der Waals surface area contributed by atoms with Gasteiger partial charge in [0.05, 0.1) is 0 Å². The zero-order valence-electron chi connectivity index (χ0n) is 14.2. The second kappa shape index (κ2) is 7.93. The van der Waals surface area contributed by atoms with Gasteiger partial charge in [0, 0.05) is 30.7 Å². The third-order valence-electron chi connectivity index (χ3n) is 5.16. The maximum absolute atomic E-state index is 12.1. The molecule has 0 bridgehead atoms. The standard InChI is InChI=1S/C19H29N3O/c1-15-5-2-3-12-22(15)14-16-7-9-17(10-8-16)21-19(23)13-18-6-4-11-20-18/h7-10,15,18,20H,2-6,11-14H2,1H3,(H,21,23). The Morgan fingerprint density at radius 1 is 1.22 bits per heavy atom. The molecule has 2 atom stereocenters. The van der Waals surface area contributed by atoms with E-state index in [0.29, 0.717) is 18.5 Å². The van der Waals surface area contributed by atoms with Crippen LogP contribution in [0.15, 0.2) is 24.3 Å². The lowest BCUT2D eigenvalue weighted by atomic mass is 10.0. The van der Waals surface area contributed by atoms with E-state index in [1.54, 1.807) is 0 Å². The van der Waals surface area contributed by atoms with E-state index < -0.39 is 0 Å². The van der Waals surface area contributed by atoms with Crippen LogP contribution in [-0.4, -0.2) is 36.0 Å². The summed E-state index contributed by atoms with van der Waals surface area (Å²) >= 11 is 0. The minimum atomic E-state index is 0.113. The van der Waals surface area contributed by atoms with Gasteiger partial charge in [-0.05, 0) is 63.4 Å². The molecule has 1 amide bonds. The normalized spacial score (nSPS) is 25.4. The summed E-state index contributed by atoms with van der Waals surface area (Å²) in [4.78, 5) is 14.6. The third kappa shape index (κ3) is 4.79. The number of anilines is 1. The number of hydrogen-bond donors (Lipinski definition) is 2. The van der Waals surface area contributed by atoms with E-state index in [1.807, 2.05) is 12.1 Å². The molecule has 2 unspecified atom stereocenters. The number of nitrogens with one attached hydrogen (secondary N) is 2. The summed E-state index contributed by atoms with van der Waals surface area (Å²) < 4.78 is 0. The van der Waals surface area contributed by atoms with E-state index in [-0.39, 0.29) is 5.91 Å². The number of benzene rings is 1. The van der Waals surface area contributed by atoms with Crippen LogP contribution < -0.4 is 10.6 Å². The van der Waals surface area contributed by atoms with Crippen LogP contribution in [0.3, 0.4) is 0 Å². The molecule has 0 spiro atoms. The van der Waals surface area contributed by atoms with Crippen molar-refractivity contribution in [3.05, 3.63) is 29.8 Å². The summed E-state index contributed by atoms with van der Waals surface area (Å²) in [5.41, 5.74) is 2.23. The van der Waals surface area contributed by atoms with Crippen LogP contribution in [0, 0.1) is 0 Å². The van der Waals surface area contributed by atoms with Crippen molar-refractivity contribution < 1.29 is 4.79 Å². The third-order valence-corrected chi connectivity index (χ3v) is 5.16. The highest BCUT2D eigenvalue weighted by molar-refractivity contribution is 5.91. The first-order valence-corrected chi connectivity index (χ1v) is 9.07. The molecular formula is C19H29N3O. The number of amides is 1. The Bertz CT molecular complexity index is 508. The van der Waals surface area contributed by atoms with Gasteiger partial charge in [0.25, 0.3) is 0 Å². The van der Waals surface area contributed by atoms with Gasteiger partial charge < -0.3 is 10.6 Å². The predicted molar refractivity (Wildman–Crippen MR) is 94.4 cm³/mol. The summed E-state index contributed by atoms with van der Waals surface area (Å²) in [6.07, 6.45) is 6.85. The van der Waals surface area contributed by atoms with E-state index in [4.69, 9.17) is 0 Å². The minimum Gasteiger partial charge on any atom is -0.326 e. The molecule has 2 heterocycles. The molecular weight excluding hydrogens is 286 g/mol. The number of likely N-dealkylation sites (tertiary alicyclic amines) is 1. The summed E-state index contributed by atoms with van der Waals surface area (Å²) in [5.74, 6) is 0.113. The van der Waals surface area contributed by atoms with E-state index in [0.717, 1.165) is 25.2 Å². The minimum absolute atomic E-state index is 0.113. The zero-order valence-corrected chi connectivity index (χ0v) is 14.2. The molecule has 23 heavy (non-hydrogen) atoms. The second-order valence-electron chi connectivity index (χ2n) is 7.06. The number of carbonyl (C=O) groups excluding carboxylic acids is 1. The van der Waals surface area contributed by atoms with Gasteiger partial charge in [0.2, 0.25) is 5.91 Å². The molecule has 4 nitrogen and oxygen atoms in total. The highest BCUT2D eigenvalue weighted by Crippen LogP contribution is 2.20. The summed E-state index contributed by atoms with van der Waals surface area (Å²) in [7, 11) is 0. The fourth-order valence-electron chi connectivity index (χ4n) is 3.69. The Labute approximate surface area is 139 Å². The molecule has 2 saturated heterocycles. The molecule has 2 aliphatic rings.